The van der Waals surface area contributed by atoms with Crippen molar-refractivity contribution in [1.82, 2.24) is 5.32 Å². The quantitative estimate of drug-likeness (QED) is 0.861. The molecule has 1 aliphatic heterocycles. The van der Waals surface area contributed by atoms with Gasteiger partial charge in [0.05, 0.1) is 0 Å². The van der Waals surface area contributed by atoms with Gasteiger partial charge in [0.15, 0.2) is 0 Å². The van der Waals surface area contributed by atoms with Crippen molar-refractivity contribution in [3.05, 3.63) is 35.4 Å². The van der Waals surface area contributed by atoms with Crippen molar-refractivity contribution in [1.29, 1.82) is 0 Å². The van der Waals surface area contributed by atoms with Gasteiger partial charge >= 0.3 is 0 Å². The number of aryl methyl sites for hydroxylation is 1. The molecular formula is C16H25ClN2O2S. The number of amides is 1. The number of ether oxygens (including phenoxy) is 1. The Morgan fingerprint density at radius 2 is 1.95 bits per heavy atom. The molecule has 4 nitrogen and oxygen atoms in total. The summed E-state index contributed by atoms with van der Waals surface area (Å²) in [5.74, 6) is -0.112. The summed E-state index contributed by atoms with van der Waals surface area (Å²) in [6, 6.07) is 7.18. The van der Waals surface area contributed by atoms with Crippen LogP contribution < -0.4 is 11.1 Å². The largest absolute Gasteiger partial charge is 0.381 e. The van der Waals surface area contributed by atoms with Crippen LogP contribution in [0.5, 0.6) is 0 Å². The van der Waals surface area contributed by atoms with Gasteiger partial charge in [0.1, 0.15) is 6.04 Å². The van der Waals surface area contributed by atoms with Crippen molar-refractivity contribution < 1.29 is 9.53 Å². The number of nitrogens with one attached hydrogen (secondary N) is 1. The summed E-state index contributed by atoms with van der Waals surface area (Å²) in [6.45, 7) is 4.19. The van der Waals surface area contributed by atoms with E-state index >= 15 is 0 Å². The zero-order valence-electron chi connectivity index (χ0n) is 13.1. The van der Waals surface area contributed by atoms with Gasteiger partial charge in [-0.3, -0.25) is 4.79 Å². The van der Waals surface area contributed by atoms with Crippen molar-refractivity contribution in [2.45, 2.75) is 30.6 Å². The molecule has 1 aromatic carbocycles. The van der Waals surface area contributed by atoms with Gasteiger partial charge in [0.2, 0.25) is 5.91 Å². The minimum Gasteiger partial charge on any atom is -0.381 e. The van der Waals surface area contributed by atoms with E-state index in [0.29, 0.717) is 6.54 Å². The first-order chi connectivity index (χ1) is 10.1. The molecule has 0 aliphatic carbocycles. The highest BCUT2D eigenvalue weighted by atomic mass is 35.5. The van der Waals surface area contributed by atoms with Crippen molar-refractivity contribution in [2.24, 2.45) is 5.73 Å². The number of nitrogens with two attached hydrogens (primary N) is 1. The van der Waals surface area contributed by atoms with Crippen LogP contribution in [0.4, 0.5) is 0 Å². The van der Waals surface area contributed by atoms with Crippen LogP contribution in [-0.2, 0) is 9.53 Å². The molecule has 0 saturated carbocycles. The van der Waals surface area contributed by atoms with Gasteiger partial charge in [-0.25, -0.2) is 0 Å². The molecule has 3 N–H and O–H groups in total. The summed E-state index contributed by atoms with van der Waals surface area (Å²) in [7, 11) is 0. The summed E-state index contributed by atoms with van der Waals surface area (Å²) in [6.07, 6.45) is 4.03. The average molecular weight is 345 g/mol. The number of hydrogen-bond donors (Lipinski definition) is 2. The van der Waals surface area contributed by atoms with E-state index in [2.05, 4.69) is 11.6 Å². The number of hydrogen-bond acceptors (Lipinski definition) is 4. The van der Waals surface area contributed by atoms with Crippen molar-refractivity contribution in [2.75, 3.05) is 26.0 Å². The first-order valence-electron chi connectivity index (χ1n) is 7.29. The fourth-order valence-corrected chi connectivity index (χ4v) is 3.27. The molecule has 22 heavy (non-hydrogen) atoms. The molecule has 0 spiro atoms. The Hall–Kier alpha value is -0.750. The fraction of sp³-hybridized carbons (Fsp3) is 0.562. The lowest BCUT2D eigenvalue weighted by atomic mass is 9.98. The summed E-state index contributed by atoms with van der Waals surface area (Å²) < 4.78 is 5.49. The van der Waals surface area contributed by atoms with E-state index in [0.717, 1.165) is 37.2 Å². The summed E-state index contributed by atoms with van der Waals surface area (Å²) in [4.78, 5) is 12.3. The summed E-state index contributed by atoms with van der Waals surface area (Å²) >= 11 is 1.81. The van der Waals surface area contributed by atoms with Gasteiger partial charge in [0.25, 0.3) is 0 Å². The Kier molecular flexibility index (Phi) is 7.69. The second-order valence-corrected chi connectivity index (χ2v) is 6.88. The molecule has 1 amide bonds. The topological polar surface area (TPSA) is 64.4 Å². The van der Waals surface area contributed by atoms with Crippen LogP contribution in [0.3, 0.4) is 0 Å². The Labute approximate surface area is 143 Å². The molecule has 1 aliphatic rings. The third-order valence-electron chi connectivity index (χ3n) is 4.14. The second-order valence-electron chi connectivity index (χ2n) is 5.61. The summed E-state index contributed by atoms with van der Waals surface area (Å²) in [5.41, 5.74) is 8.06. The van der Waals surface area contributed by atoms with Crippen molar-refractivity contribution in [3.63, 3.8) is 0 Å². The third kappa shape index (κ3) is 4.88. The molecule has 6 heteroatoms. The maximum absolute atomic E-state index is 12.3. The number of rotatable bonds is 5. The van der Waals surface area contributed by atoms with Crippen LogP contribution in [0.25, 0.3) is 0 Å². The van der Waals surface area contributed by atoms with Crippen LogP contribution in [0.1, 0.15) is 30.0 Å². The predicted octanol–water partition coefficient (Wildman–Crippen LogP) is 2.45. The van der Waals surface area contributed by atoms with E-state index in [1.165, 1.54) is 0 Å². The highest BCUT2D eigenvalue weighted by molar-refractivity contribution is 8.00. The first kappa shape index (κ1) is 19.3. The van der Waals surface area contributed by atoms with E-state index in [4.69, 9.17) is 10.5 Å². The molecule has 124 valence electrons. The van der Waals surface area contributed by atoms with Gasteiger partial charge in [-0.05, 0) is 31.6 Å². The van der Waals surface area contributed by atoms with Crippen LogP contribution >= 0.6 is 24.2 Å². The molecule has 1 heterocycles. The van der Waals surface area contributed by atoms with Crippen LogP contribution in [0.15, 0.2) is 24.3 Å². The minimum atomic E-state index is -0.607. The van der Waals surface area contributed by atoms with Gasteiger partial charge in [-0.15, -0.1) is 12.4 Å². The fourth-order valence-electron chi connectivity index (χ4n) is 2.48. The van der Waals surface area contributed by atoms with Gasteiger partial charge in [-0.1, -0.05) is 29.8 Å². The summed E-state index contributed by atoms with van der Waals surface area (Å²) in [5, 5.41) is 3.02. The molecule has 1 aromatic rings. The van der Waals surface area contributed by atoms with E-state index in [1.54, 1.807) is 0 Å². The van der Waals surface area contributed by atoms with Crippen LogP contribution in [0.2, 0.25) is 0 Å². The Bertz CT molecular complexity index is 476. The van der Waals surface area contributed by atoms with Crippen molar-refractivity contribution in [3.8, 4) is 0 Å². The molecule has 1 atom stereocenters. The van der Waals surface area contributed by atoms with E-state index in [-0.39, 0.29) is 23.1 Å². The molecule has 2 rings (SSSR count). The zero-order chi connectivity index (χ0) is 15.3. The van der Waals surface area contributed by atoms with Crippen LogP contribution in [0, 0.1) is 6.92 Å². The Morgan fingerprint density at radius 1 is 1.36 bits per heavy atom. The maximum atomic E-state index is 12.3. The lowest BCUT2D eigenvalue weighted by Gasteiger charge is -2.36. The zero-order valence-corrected chi connectivity index (χ0v) is 14.8. The Morgan fingerprint density at radius 3 is 2.50 bits per heavy atom. The number of carbonyl (C=O) groups excluding carboxylic acids is 1. The minimum absolute atomic E-state index is 0. The highest BCUT2D eigenvalue weighted by Crippen LogP contribution is 2.33. The Balaban J connectivity index is 0.00000242. The average Bonchev–Trinajstić information content (AvgIpc) is 2.53. The number of halogens is 1. The lowest BCUT2D eigenvalue weighted by molar-refractivity contribution is -0.122. The monoisotopic (exact) mass is 344 g/mol. The number of benzene rings is 1. The van der Waals surface area contributed by atoms with Gasteiger partial charge < -0.3 is 15.8 Å². The number of carbonyl (C=O) groups is 1. The highest BCUT2D eigenvalue weighted by Gasteiger charge is 2.32. The number of thioether (sulfide) groups is 1. The standard InChI is InChI=1S/C16H24N2O2S.ClH/c1-12-3-5-13(6-4-12)14(17)15(19)18-11-16(21-2)7-9-20-10-8-16;/h3-6,14H,7-11,17H2,1-2H3,(H,18,19);1H. The van der Waals surface area contributed by atoms with E-state index in [9.17, 15) is 4.79 Å². The molecule has 1 fully saturated rings. The molecule has 1 saturated heterocycles. The predicted molar refractivity (Wildman–Crippen MR) is 94.7 cm³/mol. The smallest absolute Gasteiger partial charge is 0.241 e. The maximum Gasteiger partial charge on any atom is 0.241 e. The van der Waals surface area contributed by atoms with E-state index in [1.807, 2.05) is 43.0 Å². The molecule has 0 bridgehead atoms. The second kappa shape index (κ2) is 8.77. The molecule has 0 aromatic heterocycles. The molecule has 1 unspecified atom stereocenters. The molecular weight excluding hydrogens is 320 g/mol. The van der Waals surface area contributed by atoms with E-state index < -0.39 is 6.04 Å². The van der Waals surface area contributed by atoms with Gasteiger partial charge in [-0.2, -0.15) is 11.8 Å². The first-order valence-corrected chi connectivity index (χ1v) is 8.51. The third-order valence-corrected chi connectivity index (χ3v) is 5.56. The lowest BCUT2D eigenvalue weighted by Crippen LogP contribution is -2.46. The van der Waals surface area contributed by atoms with Crippen LogP contribution in [-0.4, -0.2) is 36.7 Å². The van der Waals surface area contributed by atoms with Crippen molar-refractivity contribution >= 4 is 30.1 Å². The van der Waals surface area contributed by atoms with Gasteiger partial charge in [0, 0.05) is 24.5 Å². The SMILES string of the molecule is CSC1(CNC(=O)C(N)c2ccc(C)cc2)CCOCC1.Cl. The normalized spacial score (nSPS) is 18.1. The molecule has 0 radical (unpaired) electrons.